The Morgan fingerprint density at radius 3 is 2.80 bits per heavy atom. The summed E-state index contributed by atoms with van der Waals surface area (Å²) in [6.07, 6.45) is 4.23. The molecule has 1 fully saturated rings. The van der Waals surface area contributed by atoms with Crippen LogP contribution in [0, 0.1) is 13.8 Å². The van der Waals surface area contributed by atoms with Crippen molar-refractivity contribution in [1.82, 2.24) is 24.6 Å². The van der Waals surface area contributed by atoms with Gasteiger partial charge in [-0.2, -0.15) is 5.10 Å². The number of aryl methyl sites for hydroxylation is 2. The molecule has 2 aromatic heterocycles. The molecular weight excluding hydrogens is 314 g/mol. The molecule has 1 saturated heterocycles. The number of hydrogen-bond acceptors (Lipinski definition) is 5. The first-order valence-corrected chi connectivity index (χ1v) is 8.81. The third kappa shape index (κ3) is 3.49. The van der Waals surface area contributed by atoms with Crippen molar-refractivity contribution in [2.24, 2.45) is 0 Å². The quantitative estimate of drug-likeness (QED) is 0.715. The van der Waals surface area contributed by atoms with Crippen LogP contribution in [-0.4, -0.2) is 37.2 Å². The van der Waals surface area contributed by atoms with Gasteiger partial charge in [0.15, 0.2) is 0 Å². The smallest absolute Gasteiger partial charge is 0.226 e. The average Bonchev–Trinajstić information content (AvgIpc) is 3.32. The van der Waals surface area contributed by atoms with Crippen molar-refractivity contribution in [3.8, 4) is 11.5 Å². The summed E-state index contributed by atoms with van der Waals surface area (Å²) in [7, 11) is 0. The molecule has 4 rings (SSSR count). The Bertz CT molecular complexity index is 839. The van der Waals surface area contributed by atoms with Crippen LogP contribution in [-0.2, 0) is 13.1 Å². The normalized spacial score (nSPS) is 18.1. The third-order valence-electron chi connectivity index (χ3n) is 4.78. The van der Waals surface area contributed by atoms with E-state index >= 15 is 0 Å². The standard InChI is InChI=1S/C19H23N5O/c1-14-21-15(2)24(22-14)12-17-9-6-10-23(17)13-18-11-20-19(25-18)16-7-4-3-5-8-16/h3-5,7-8,11,17H,6,9-10,12-13H2,1-2H3/t17-/m0/s1. The second-order valence-electron chi connectivity index (χ2n) is 6.65. The lowest BCUT2D eigenvalue weighted by Gasteiger charge is -2.23. The number of likely N-dealkylation sites (tertiary alicyclic amines) is 1. The highest BCUT2D eigenvalue weighted by molar-refractivity contribution is 5.52. The van der Waals surface area contributed by atoms with E-state index in [-0.39, 0.29) is 0 Å². The van der Waals surface area contributed by atoms with Gasteiger partial charge in [-0.1, -0.05) is 18.2 Å². The fourth-order valence-corrected chi connectivity index (χ4v) is 3.54. The molecule has 0 unspecified atom stereocenters. The highest BCUT2D eigenvalue weighted by Crippen LogP contribution is 2.24. The van der Waals surface area contributed by atoms with E-state index < -0.39 is 0 Å². The fourth-order valence-electron chi connectivity index (χ4n) is 3.54. The molecule has 0 amide bonds. The topological polar surface area (TPSA) is 60.0 Å². The minimum absolute atomic E-state index is 0.463. The van der Waals surface area contributed by atoms with Crippen molar-refractivity contribution in [3.05, 3.63) is 53.9 Å². The van der Waals surface area contributed by atoms with Crippen LogP contribution >= 0.6 is 0 Å². The Morgan fingerprint density at radius 1 is 1.20 bits per heavy atom. The van der Waals surface area contributed by atoms with Gasteiger partial charge in [-0.15, -0.1) is 0 Å². The molecule has 0 saturated carbocycles. The molecule has 0 bridgehead atoms. The molecule has 1 aromatic carbocycles. The molecule has 0 N–H and O–H groups in total. The summed E-state index contributed by atoms with van der Waals surface area (Å²) in [4.78, 5) is 11.3. The molecule has 6 nitrogen and oxygen atoms in total. The lowest BCUT2D eigenvalue weighted by molar-refractivity contribution is 0.203. The zero-order chi connectivity index (χ0) is 17.2. The summed E-state index contributed by atoms with van der Waals surface area (Å²) in [5.41, 5.74) is 1.01. The van der Waals surface area contributed by atoms with E-state index in [0.29, 0.717) is 11.9 Å². The van der Waals surface area contributed by atoms with Gasteiger partial charge in [-0.05, 0) is 45.4 Å². The second-order valence-corrected chi connectivity index (χ2v) is 6.65. The molecule has 1 aliphatic rings. The fraction of sp³-hybridized carbons (Fsp3) is 0.421. The van der Waals surface area contributed by atoms with Crippen molar-refractivity contribution in [2.75, 3.05) is 6.54 Å². The van der Waals surface area contributed by atoms with Crippen molar-refractivity contribution in [2.45, 2.75) is 45.8 Å². The monoisotopic (exact) mass is 337 g/mol. The third-order valence-corrected chi connectivity index (χ3v) is 4.78. The highest BCUT2D eigenvalue weighted by Gasteiger charge is 2.27. The first kappa shape index (κ1) is 16.0. The summed E-state index contributed by atoms with van der Waals surface area (Å²) >= 11 is 0. The van der Waals surface area contributed by atoms with Crippen molar-refractivity contribution in [1.29, 1.82) is 0 Å². The number of benzene rings is 1. The zero-order valence-corrected chi connectivity index (χ0v) is 14.7. The molecule has 3 heterocycles. The minimum atomic E-state index is 0.463. The van der Waals surface area contributed by atoms with E-state index in [0.717, 1.165) is 42.6 Å². The number of rotatable bonds is 5. The first-order valence-electron chi connectivity index (χ1n) is 8.81. The van der Waals surface area contributed by atoms with Gasteiger partial charge in [0.2, 0.25) is 5.89 Å². The number of aromatic nitrogens is 4. The molecule has 3 aromatic rings. The van der Waals surface area contributed by atoms with Crippen LogP contribution in [0.2, 0.25) is 0 Å². The van der Waals surface area contributed by atoms with Gasteiger partial charge < -0.3 is 4.42 Å². The molecule has 6 heteroatoms. The van der Waals surface area contributed by atoms with Gasteiger partial charge >= 0.3 is 0 Å². The van der Waals surface area contributed by atoms with E-state index in [9.17, 15) is 0 Å². The van der Waals surface area contributed by atoms with Crippen LogP contribution in [0.15, 0.2) is 40.9 Å². The van der Waals surface area contributed by atoms with Gasteiger partial charge in [-0.25, -0.2) is 14.6 Å². The van der Waals surface area contributed by atoms with E-state index in [1.807, 2.05) is 55.1 Å². The van der Waals surface area contributed by atoms with E-state index in [1.165, 1.54) is 12.8 Å². The largest absolute Gasteiger partial charge is 0.440 e. The molecule has 0 aliphatic carbocycles. The van der Waals surface area contributed by atoms with Crippen molar-refractivity contribution < 1.29 is 4.42 Å². The lowest BCUT2D eigenvalue weighted by Crippen LogP contribution is -2.33. The van der Waals surface area contributed by atoms with Crippen molar-refractivity contribution in [3.63, 3.8) is 0 Å². The van der Waals surface area contributed by atoms with Crippen LogP contribution in [0.25, 0.3) is 11.5 Å². The van der Waals surface area contributed by atoms with Gasteiger partial charge in [0.25, 0.3) is 0 Å². The van der Waals surface area contributed by atoms with Crippen LogP contribution < -0.4 is 0 Å². The Hall–Kier alpha value is -2.47. The van der Waals surface area contributed by atoms with E-state index in [4.69, 9.17) is 4.42 Å². The maximum atomic E-state index is 5.97. The number of hydrogen-bond donors (Lipinski definition) is 0. The minimum Gasteiger partial charge on any atom is -0.440 e. The van der Waals surface area contributed by atoms with Crippen LogP contribution in [0.1, 0.15) is 30.3 Å². The second kappa shape index (κ2) is 6.80. The molecule has 25 heavy (non-hydrogen) atoms. The van der Waals surface area contributed by atoms with Gasteiger partial charge in [0.05, 0.1) is 19.3 Å². The van der Waals surface area contributed by atoms with E-state index in [2.05, 4.69) is 20.0 Å². The summed E-state index contributed by atoms with van der Waals surface area (Å²) < 4.78 is 7.99. The summed E-state index contributed by atoms with van der Waals surface area (Å²) in [6, 6.07) is 10.5. The molecule has 0 spiro atoms. The summed E-state index contributed by atoms with van der Waals surface area (Å²) in [5, 5.41) is 4.50. The SMILES string of the molecule is Cc1nc(C)n(C[C@@H]2CCCN2Cc2cnc(-c3ccccc3)o2)n1. The zero-order valence-electron chi connectivity index (χ0n) is 14.7. The first-order chi connectivity index (χ1) is 12.2. The maximum absolute atomic E-state index is 5.97. The van der Waals surface area contributed by atoms with Crippen molar-refractivity contribution >= 4 is 0 Å². The molecule has 1 aliphatic heterocycles. The Kier molecular flexibility index (Phi) is 4.36. The maximum Gasteiger partial charge on any atom is 0.226 e. The van der Waals surface area contributed by atoms with Crippen LogP contribution in [0.3, 0.4) is 0 Å². The highest BCUT2D eigenvalue weighted by atomic mass is 16.4. The number of oxazole rings is 1. The predicted molar refractivity (Wildman–Crippen MR) is 94.9 cm³/mol. The Morgan fingerprint density at radius 2 is 2.04 bits per heavy atom. The van der Waals surface area contributed by atoms with E-state index in [1.54, 1.807) is 0 Å². The molecule has 1 atom stereocenters. The molecule has 0 radical (unpaired) electrons. The molecular formula is C19H23N5O. The van der Waals surface area contributed by atoms with Crippen LogP contribution in [0.5, 0.6) is 0 Å². The predicted octanol–water partition coefficient (Wildman–Crippen LogP) is 3.21. The lowest BCUT2D eigenvalue weighted by atomic mass is 10.2. The molecule has 130 valence electrons. The Balaban J connectivity index is 1.45. The van der Waals surface area contributed by atoms with Gasteiger partial charge in [-0.3, -0.25) is 4.90 Å². The van der Waals surface area contributed by atoms with Gasteiger partial charge in [0.1, 0.15) is 17.4 Å². The average molecular weight is 337 g/mol. The Labute approximate surface area is 147 Å². The number of nitrogens with zero attached hydrogens (tertiary/aromatic N) is 5. The summed E-state index contributed by atoms with van der Waals surface area (Å²) in [5.74, 6) is 3.42. The summed E-state index contributed by atoms with van der Waals surface area (Å²) in [6.45, 7) is 6.71. The van der Waals surface area contributed by atoms with Crippen LogP contribution in [0.4, 0.5) is 0 Å². The van der Waals surface area contributed by atoms with Gasteiger partial charge in [0, 0.05) is 11.6 Å².